The van der Waals surface area contributed by atoms with Gasteiger partial charge in [-0.25, -0.2) is 0 Å². The van der Waals surface area contributed by atoms with Gasteiger partial charge < -0.3 is 9.64 Å². The van der Waals surface area contributed by atoms with E-state index in [9.17, 15) is 4.79 Å². The summed E-state index contributed by atoms with van der Waals surface area (Å²) in [6.07, 6.45) is 5.25. The van der Waals surface area contributed by atoms with Crippen molar-refractivity contribution in [1.29, 1.82) is 0 Å². The van der Waals surface area contributed by atoms with E-state index < -0.39 is 0 Å². The summed E-state index contributed by atoms with van der Waals surface area (Å²) in [4.78, 5) is 16.2. The van der Waals surface area contributed by atoms with E-state index in [1.165, 1.54) is 0 Å². The predicted octanol–water partition coefficient (Wildman–Crippen LogP) is 1.45. The number of pyridine rings is 1. The van der Waals surface area contributed by atoms with Gasteiger partial charge >= 0.3 is 0 Å². The summed E-state index contributed by atoms with van der Waals surface area (Å²) in [5, 5.41) is 0. The van der Waals surface area contributed by atoms with Crippen LogP contribution >= 0.6 is 15.9 Å². The third-order valence-corrected chi connectivity index (χ3v) is 2.88. The lowest BCUT2D eigenvalue weighted by molar-refractivity contribution is -0.126. The highest BCUT2D eigenvalue weighted by atomic mass is 79.9. The Hall–Kier alpha value is -1.10. The molecule has 1 amide bonds. The summed E-state index contributed by atoms with van der Waals surface area (Å²) in [5.41, 5.74) is 0. The van der Waals surface area contributed by atoms with Crippen LogP contribution in [0.25, 0.3) is 0 Å². The molecule has 1 saturated heterocycles. The monoisotopic (exact) mass is 270 g/mol. The Balaban J connectivity index is 1.85. The van der Waals surface area contributed by atoms with Gasteiger partial charge in [-0.15, -0.1) is 0 Å². The standard InChI is InChI=1S/C10H11BrN2O2/c11-8-3-10(5-12-4-8)15-6-9-1-2-13(9)7-14/h3-5,7,9H,1-2,6H2/t9-/m1/s1. The Labute approximate surface area is 96.4 Å². The van der Waals surface area contributed by atoms with E-state index >= 15 is 0 Å². The summed E-state index contributed by atoms with van der Waals surface area (Å²) in [6, 6.07) is 2.08. The van der Waals surface area contributed by atoms with Crippen LogP contribution < -0.4 is 4.74 Å². The molecule has 0 bridgehead atoms. The molecule has 1 aliphatic heterocycles. The minimum atomic E-state index is 0.224. The Kier molecular flexibility index (Phi) is 3.20. The molecule has 0 radical (unpaired) electrons. The minimum absolute atomic E-state index is 0.224. The maximum absolute atomic E-state index is 10.5. The molecule has 1 aliphatic rings. The molecule has 0 unspecified atom stereocenters. The zero-order valence-electron chi connectivity index (χ0n) is 8.10. The molecule has 0 aromatic carbocycles. The van der Waals surface area contributed by atoms with Crippen molar-refractivity contribution in [1.82, 2.24) is 9.88 Å². The number of hydrogen-bond acceptors (Lipinski definition) is 3. The zero-order valence-corrected chi connectivity index (χ0v) is 9.68. The van der Waals surface area contributed by atoms with Crippen LogP contribution in [0.15, 0.2) is 22.9 Å². The highest BCUT2D eigenvalue weighted by Crippen LogP contribution is 2.19. The first-order valence-electron chi connectivity index (χ1n) is 4.74. The molecule has 1 aromatic heterocycles. The summed E-state index contributed by atoms with van der Waals surface area (Å²) in [5.74, 6) is 0.724. The van der Waals surface area contributed by atoms with Gasteiger partial charge in [0, 0.05) is 17.2 Å². The maximum Gasteiger partial charge on any atom is 0.210 e. The molecule has 5 heteroatoms. The van der Waals surface area contributed by atoms with E-state index in [0.29, 0.717) is 6.61 Å². The number of amides is 1. The van der Waals surface area contributed by atoms with Crippen molar-refractivity contribution >= 4 is 22.3 Å². The Morgan fingerprint density at radius 2 is 2.53 bits per heavy atom. The van der Waals surface area contributed by atoms with Crippen LogP contribution in [-0.4, -0.2) is 35.5 Å². The number of hydrogen-bond donors (Lipinski definition) is 0. The van der Waals surface area contributed by atoms with Crippen molar-refractivity contribution in [3.63, 3.8) is 0 Å². The number of carbonyl (C=O) groups is 1. The van der Waals surface area contributed by atoms with E-state index in [2.05, 4.69) is 20.9 Å². The van der Waals surface area contributed by atoms with Crippen LogP contribution in [-0.2, 0) is 4.79 Å². The number of nitrogens with zero attached hydrogens (tertiary/aromatic N) is 2. The smallest absolute Gasteiger partial charge is 0.210 e. The lowest BCUT2D eigenvalue weighted by atomic mass is 10.1. The molecule has 2 rings (SSSR count). The van der Waals surface area contributed by atoms with Crippen molar-refractivity contribution in [3.05, 3.63) is 22.9 Å². The highest BCUT2D eigenvalue weighted by Gasteiger charge is 2.26. The maximum atomic E-state index is 10.5. The van der Waals surface area contributed by atoms with Crippen molar-refractivity contribution in [3.8, 4) is 5.75 Å². The summed E-state index contributed by atoms with van der Waals surface area (Å²) < 4.78 is 6.42. The van der Waals surface area contributed by atoms with Gasteiger partial charge in [0.1, 0.15) is 12.4 Å². The van der Waals surface area contributed by atoms with Crippen molar-refractivity contribution in [2.45, 2.75) is 12.5 Å². The largest absolute Gasteiger partial charge is 0.490 e. The molecule has 1 atom stereocenters. The van der Waals surface area contributed by atoms with Crippen LogP contribution in [0.4, 0.5) is 0 Å². The fraction of sp³-hybridized carbons (Fsp3) is 0.400. The zero-order chi connectivity index (χ0) is 10.7. The lowest BCUT2D eigenvalue weighted by Crippen LogP contribution is -2.49. The molecular formula is C10H11BrN2O2. The quantitative estimate of drug-likeness (QED) is 0.778. The van der Waals surface area contributed by atoms with Crippen molar-refractivity contribution in [2.24, 2.45) is 0 Å². The second-order valence-corrected chi connectivity index (χ2v) is 4.35. The predicted molar refractivity (Wildman–Crippen MR) is 58.6 cm³/mol. The van der Waals surface area contributed by atoms with E-state index in [4.69, 9.17) is 4.74 Å². The summed E-state index contributed by atoms with van der Waals surface area (Å²) >= 11 is 3.32. The lowest BCUT2D eigenvalue weighted by Gasteiger charge is -2.37. The Bertz CT molecular complexity index is 359. The average Bonchev–Trinajstić information content (AvgIpc) is 2.17. The summed E-state index contributed by atoms with van der Waals surface area (Å²) in [6.45, 7) is 1.38. The van der Waals surface area contributed by atoms with Crippen molar-refractivity contribution in [2.75, 3.05) is 13.2 Å². The van der Waals surface area contributed by atoms with E-state index in [1.54, 1.807) is 17.3 Å². The van der Waals surface area contributed by atoms with Gasteiger partial charge in [0.25, 0.3) is 0 Å². The fourth-order valence-corrected chi connectivity index (χ4v) is 1.79. The van der Waals surface area contributed by atoms with Crippen LogP contribution in [0.2, 0.25) is 0 Å². The molecule has 0 N–H and O–H groups in total. The van der Waals surface area contributed by atoms with Gasteiger partial charge in [-0.05, 0) is 28.4 Å². The highest BCUT2D eigenvalue weighted by molar-refractivity contribution is 9.10. The first-order chi connectivity index (χ1) is 7.29. The number of halogens is 1. The van der Waals surface area contributed by atoms with Crippen LogP contribution in [0.1, 0.15) is 6.42 Å². The number of rotatable bonds is 4. The SMILES string of the molecule is O=CN1CC[C@@H]1COc1cncc(Br)c1. The molecule has 1 fully saturated rings. The van der Waals surface area contributed by atoms with Crippen LogP contribution in [0, 0.1) is 0 Å². The first kappa shape index (κ1) is 10.4. The molecule has 0 aliphatic carbocycles. The van der Waals surface area contributed by atoms with Gasteiger partial charge in [-0.1, -0.05) is 0 Å². The van der Waals surface area contributed by atoms with Gasteiger partial charge in [0.15, 0.2) is 0 Å². The third-order valence-electron chi connectivity index (χ3n) is 2.45. The van der Waals surface area contributed by atoms with E-state index in [0.717, 1.165) is 29.6 Å². The van der Waals surface area contributed by atoms with E-state index in [-0.39, 0.29) is 6.04 Å². The molecule has 0 saturated carbocycles. The van der Waals surface area contributed by atoms with Crippen molar-refractivity contribution < 1.29 is 9.53 Å². The molecule has 4 nitrogen and oxygen atoms in total. The molecular weight excluding hydrogens is 260 g/mol. The van der Waals surface area contributed by atoms with Gasteiger partial charge in [0.05, 0.1) is 12.2 Å². The number of aromatic nitrogens is 1. The molecule has 2 heterocycles. The molecule has 0 spiro atoms. The first-order valence-corrected chi connectivity index (χ1v) is 5.53. The van der Waals surface area contributed by atoms with Crippen LogP contribution in [0.3, 0.4) is 0 Å². The number of likely N-dealkylation sites (tertiary alicyclic amines) is 1. The topological polar surface area (TPSA) is 42.4 Å². The minimum Gasteiger partial charge on any atom is -0.490 e. The van der Waals surface area contributed by atoms with Gasteiger partial charge in [-0.2, -0.15) is 0 Å². The van der Waals surface area contributed by atoms with Gasteiger partial charge in [-0.3, -0.25) is 9.78 Å². The number of ether oxygens (including phenoxy) is 1. The number of carbonyl (C=O) groups excluding carboxylic acids is 1. The molecule has 15 heavy (non-hydrogen) atoms. The normalized spacial score (nSPS) is 19.5. The third kappa shape index (κ3) is 2.47. The van der Waals surface area contributed by atoms with Crippen LogP contribution in [0.5, 0.6) is 5.75 Å². The Morgan fingerprint density at radius 3 is 3.13 bits per heavy atom. The average molecular weight is 271 g/mol. The second-order valence-electron chi connectivity index (χ2n) is 3.44. The Morgan fingerprint density at radius 1 is 1.67 bits per heavy atom. The van der Waals surface area contributed by atoms with E-state index in [1.807, 2.05) is 6.07 Å². The molecule has 1 aromatic rings. The molecule has 80 valence electrons. The fourth-order valence-electron chi connectivity index (χ4n) is 1.44. The summed E-state index contributed by atoms with van der Waals surface area (Å²) in [7, 11) is 0. The van der Waals surface area contributed by atoms with Gasteiger partial charge in [0.2, 0.25) is 6.41 Å². The second kappa shape index (κ2) is 4.61.